The summed E-state index contributed by atoms with van der Waals surface area (Å²) in [7, 11) is 0. The molecule has 0 aromatic heterocycles. The van der Waals surface area contributed by atoms with Crippen molar-refractivity contribution in [3.63, 3.8) is 0 Å². The van der Waals surface area contributed by atoms with Crippen molar-refractivity contribution in [3.05, 3.63) is 54.1 Å². The van der Waals surface area contributed by atoms with Crippen molar-refractivity contribution in [2.75, 3.05) is 0 Å². The quantitative estimate of drug-likeness (QED) is 0.461. The Morgan fingerprint density at radius 2 is 1.86 bits per heavy atom. The van der Waals surface area contributed by atoms with Crippen molar-refractivity contribution in [1.29, 1.82) is 0 Å². The standard InChI is InChI=1S/C19H18O2/c1-12(20)21-18-7-6-14-10-17(5-4-15(14)11-18)19-9-13-2-3-16(19)8-13/h2-7,10-11,13,16,19H,8-9H2,1H3. The van der Waals surface area contributed by atoms with Crippen molar-refractivity contribution in [1.82, 2.24) is 0 Å². The Bertz CT molecular complexity index is 744. The highest BCUT2D eigenvalue weighted by molar-refractivity contribution is 5.85. The predicted octanol–water partition coefficient (Wildman–Crippen LogP) is 4.44. The van der Waals surface area contributed by atoms with Crippen LogP contribution in [0.4, 0.5) is 0 Å². The summed E-state index contributed by atoms with van der Waals surface area (Å²) < 4.78 is 5.14. The van der Waals surface area contributed by atoms with Crippen LogP contribution >= 0.6 is 0 Å². The Labute approximate surface area is 124 Å². The lowest BCUT2D eigenvalue weighted by molar-refractivity contribution is -0.131. The van der Waals surface area contributed by atoms with Gasteiger partial charge in [-0.15, -0.1) is 0 Å². The van der Waals surface area contributed by atoms with Gasteiger partial charge in [0, 0.05) is 6.92 Å². The molecule has 0 aliphatic heterocycles. The first-order valence-corrected chi connectivity index (χ1v) is 7.59. The molecule has 0 heterocycles. The van der Waals surface area contributed by atoms with Crippen molar-refractivity contribution in [2.45, 2.75) is 25.7 Å². The first kappa shape index (κ1) is 12.6. The summed E-state index contributed by atoms with van der Waals surface area (Å²) in [4.78, 5) is 11.0. The summed E-state index contributed by atoms with van der Waals surface area (Å²) in [6.45, 7) is 1.43. The Balaban J connectivity index is 1.67. The summed E-state index contributed by atoms with van der Waals surface area (Å²) in [5.74, 6) is 2.54. The molecule has 2 bridgehead atoms. The Morgan fingerprint density at radius 3 is 2.57 bits per heavy atom. The summed E-state index contributed by atoms with van der Waals surface area (Å²) >= 11 is 0. The number of carbonyl (C=O) groups excluding carboxylic acids is 1. The molecule has 3 unspecified atom stereocenters. The summed E-state index contributed by atoms with van der Waals surface area (Å²) in [5.41, 5.74) is 1.44. The Morgan fingerprint density at radius 1 is 1.05 bits per heavy atom. The van der Waals surface area contributed by atoms with Crippen LogP contribution in [0.3, 0.4) is 0 Å². The predicted molar refractivity (Wildman–Crippen MR) is 83.4 cm³/mol. The van der Waals surface area contributed by atoms with E-state index in [9.17, 15) is 4.79 Å². The highest BCUT2D eigenvalue weighted by atomic mass is 16.5. The van der Waals surface area contributed by atoms with Crippen LogP contribution in [0.25, 0.3) is 10.8 Å². The van der Waals surface area contributed by atoms with E-state index in [1.807, 2.05) is 18.2 Å². The van der Waals surface area contributed by atoms with E-state index in [-0.39, 0.29) is 5.97 Å². The molecule has 0 saturated heterocycles. The minimum atomic E-state index is -0.278. The number of rotatable bonds is 2. The van der Waals surface area contributed by atoms with Crippen LogP contribution < -0.4 is 4.74 Å². The van der Waals surface area contributed by atoms with Crippen molar-refractivity contribution in [3.8, 4) is 5.75 Å². The normalized spacial score (nSPS) is 26.4. The molecule has 2 aromatic rings. The van der Waals surface area contributed by atoms with Crippen LogP contribution in [0.1, 0.15) is 31.2 Å². The molecular weight excluding hydrogens is 260 g/mol. The summed E-state index contributed by atoms with van der Waals surface area (Å²) in [5, 5.41) is 2.34. The van der Waals surface area contributed by atoms with E-state index in [1.54, 1.807) is 0 Å². The number of hydrogen-bond acceptors (Lipinski definition) is 2. The third kappa shape index (κ3) is 2.25. The molecule has 21 heavy (non-hydrogen) atoms. The van der Waals surface area contributed by atoms with Crippen LogP contribution in [0, 0.1) is 11.8 Å². The minimum Gasteiger partial charge on any atom is -0.427 e. The van der Waals surface area contributed by atoms with E-state index in [0.29, 0.717) is 11.7 Å². The Kier molecular flexibility index (Phi) is 2.85. The molecular formula is C19H18O2. The molecule has 1 fully saturated rings. The third-order valence-electron chi connectivity index (χ3n) is 4.80. The van der Waals surface area contributed by atoms with E-state index < -0.39 is 0 Å². The van der Waals surface area contributed by atoms with Crippen LogP contribution in [0.15, 0.2) is 48.6 Å². The number of carbonyl (C=O) groups is 1. The smallest absolute Gasteiger partial charge is 0.308 e. The lowest BCUT2D eigenvalue weighted by atomic mass is 9.86. The highest BCUT2D eigenvalue weighted by Crippen LogP contribution is 2.49. The fourth-order valence-electron chi connectivity index (χ4n) is 3.87. The number of benzene rings is 2. The number of fused-ring (bicyclic) bond motifs is 3. The van der Waals surface area contributed by atoms with Gasteiger partial charge in [0.05, 0.1) is 0 Å². The first-order chi connectivity index (χ1) is 10.2. The van der Waals surface area contributed by atoms with E-state index in [0.717, 1.165) is 17.2 Å². The SMILES string of the molecule is CC(=O)Oc1ccc2cc(C3CC4C=CC3C4)ccc2c1. The average molecular weight is 278 g/mol. The number of allylic oxidation sites excluding steroid dienone is 2. The van der Waals surface area contributed by atoms with Crippen LogP contribution in [0.5, 0.6) is 5.75 Å². The first-order valence-electron chi connectivity index (χ1n) is 7.59. The third-order valence-corrected chi connectivity index (χ3v) is 4.80. The lowest BCUT2D eigenvalue weighted by Crippen LogP contribution is -2.04. The van der Waals surface area contributed by atoms with Crippen LogP contribution in [-0.2, 0) is 4.79 Å². The van der Waals surface area contributed by atoms with Gasteiger partial charge in [0.1, 0.15) is 5.75 Å². The fraction of sp³-hybridized carbons (Fsp3) is 0.316. The zero-order valence-electron chi connectivity index (χ0n) is 12.1. The molecule has 2 nitrogen and oxygen atoms in total. The van der Waals surface area contributed by atoms with Crippen molar-refractivity contribution >= 4 is 16.7 Å². The second-order valence-corrected chi connectivity index (χ2v) is 6.25. The van der Waals surface area contributed by atoms with Crippen molar-refractivity contribution < 1.29 is 9.53 Å². The zero-order valence-corrected chi connectivity index (χ0v) is 12.1. The molecule has 1 saturated carbocycles. The summed E-state index contributed by atoms with van der Waals surface area (Å²) in [6.07, 6.45) is 7.40. The maximum Gasteiger partial charge on any atom is 0.308 e. The monoisotopic (exact) mass is 278 g/mol. The van der Waals surface area contributed by atoms with E-state index in [2.05, 4.69) is 30.4 Å². The number of ether oxygens (including phenoxy) is 1. The average Bonchev–Trinajstić information content (AvgIpc) is 3.09. The second-order valence-electron chi connectivity index (χ2n) is 6.25. The van der Waals surface area contributed by atoms with Gasteiger partial charge < -0.3 is 4.74 Å². The second kappa shape index (κ2) is 4.73. The van der Waals surface area contributed by atoms with Gasteiger partial charge in [-0.1, -0.05) is 36.4 Å². The van der Waals surface area contributed by atoms with Crippen molar-refractivity contribution in [2.24, 2.45) is 11.8 Å². The molecule has 0 radical (unpaired) electrons. The van der Waals surface area contributed by atoms with Gasteiger partial charge in [-0.25, -0.2) is 0 Å². The molecule has 3 atom stereocenters. The molecule has 0 N–H and O–H groups in total. The number of hydrogen-bond donors (Lipinski definition) is 0. The largest absolute Gasteiger partial charge is 0.427 e. The van der Waals surface area contributed by atoms with Crippen LogP contribution in [0.2, 0.25) is 0 Å². The van der Waals surface area contributed by atoms with Crippen LogP contribution in [-0.4, -0.2) is 5.97 Å². The van der Waals surface area contributed by atoms with Gasteiger partial charge in [0.25, 0.3) is 0 Å². The van der Waals surface area contributed by atoms with Gasteiger partial charge in [0.15, 0.2) is 0 Å². The molecule has 2 heteroatoms. The van der Waals surface area contributed by atoms with E-state index in [4.69, 9.17) is 4.74 Å². The zero-order chi connectivity index (χ0) is 14.4. The van der Waals surface area contributed by atoms with E-state index in [1.165, 1.54) is 30.7 Å². The van der Waals surface area contributed by atoms with Gasteiger partial charge >= 0.3 is 5.97 Å². The molecule has 4 rings (SSSR count). The van der Waals surface area contributed by atoms with Gasteiger partial charge in [-0.3, -0.25) is 4.79 Å². The van der Waals surface area contributed by atoms with Gasteiger partial charge in [-0.2, -0.15) is 0 Å². The molecule has 0 amide bonds. The highest BCUT2D eigenvalue weighted by Gasteiger charge is 2.36. The van der Waals surface area contributed by atoms with Gasteiger partial charge in [-0.05, 0) is 59.1 Å². The fourth-order valence-corrected chi connectivity index (χ4v) is 3.87. The minimum absolute atomic E-state index is 0.278. The summed E-state index contributed by atoms with van der Waals surface area (Å²) in [6, 6.07) is 12.5. The number of esters is 1. The topological polar surface area (TPSA) is 26.3 Å². The molecule has 0 spiro atoms. The maximum atomic E-state index is 11.0. The molecule has 2 aliphatic rings. The maximum absolute atomic E-state index is 11.0. The molecule has 106 valence electrons. The Hall–Kier alpha value is -2.09. The molecule has 2 aliphatic carbocycles. The lowest BCUT2D eigenvalue weighted by Gasteiger charge is -2.19. The van der Waals surface area contributed by atoms with Gasteiger partial charge in [0.2, 0.25) is 0 Å². The van der Waals surface area contributed by atoms with E-state index >= 15 is 0 Å². The molecule has 2 aromatic carbocycles.